The zero-order valence-electron chi connectivity index (χ0n) is 12.2. The standard InChI is InChI=1S/C14H29NO4/c1-16-8-9-18-12-13-19-11-10-17-7-3-5-14-4-2-6-15-14/h14-15H,2-13H2,1H3. The molecule has 1 rings (SSSR count). The van der Waals surface area contributed by atoms with Gasteiger partial charge in [-0.3, -0.25) is 0 Å². The van der Waals surface area contributed by atoms with Crippen LogP contribution in [0.4, 0.5) is 0 Å². The second-order valence-electron chi connectivity index (χ2n) is 4.77. The summed E-state index contributed by atoms with van der Waals surface area (Å²) in [6.07, 6.45) is 5.02. The van der Waals surface area contributed by atoms with Crippen molar-refractivity contribution in [2.45, 2.75) is 31.7 Å². The van der Waals surface area contributed by atoms with Gasteiger partial charge in [-0.2, -0.15) is 0 Å². The number of methoxy groups -OCH3 is 1. The van der Waals surface area contributed by atoms with Gasteiger partial charge in [0, 0.05) is 19.8 Å². The highest BCUT2D eigenvalue weighted by Gasteiger charge is 2.12. The molecule has 5 heteroatoms. The SMILES string of the molecule is COCCOCCOCCOCCCC1CCCN1. The fourth-order valence-corrected chi connectivity index (χ4v) is 2.12. The van der Waals surface area contributed by atoms with Crippen LogP contribution < -0.4 is 5.32 Å². The second kappa shape index (κ2) is 12.8. The first-order chi connectivity index (χ1) is 9.43. The zero-order valence-corrected chi connectivity index (χ0v) is 12.2. The maximum atomic E-state index is 5.52. The predicted octanol–water partition coefficient (Wildman–Crippen LogP) is 1.21. The van der Waals surface area contributed by atoms with E-state index in [1.807, 2.05) is 0 Å². The summed E-state index contributed by atoms with van der Waals surface area (Å²) in [6, 6.07) is 0.726. The average Bonchev–Trinajstić information content (AvgIpc) is 2.93. The molecule has 1 aliphatic heterocycles. The molecule has 1 heterocycles. The monoisotopic (exact) mass is 275 g/mol. The van der Waals surface area contributed by atoms with Gasteiger partial charge >= 0.3 is 0 Å². The van der Waals surface area contributed by atoms with E-state index in [9.17, 15) is 0 Å². The fraction of sp³-hybridized carbons (Fsp3) is 1.00. The fourth-order valence-electron chi connectivity index (χ4n) is 2.12. The summed E-state index contributed by atoms with van der Waals surface area (Å²) in [5.41, 5.74) is 0. The normalized spacial score (nSPS) is 19.1. The Bertz CT molecular complexity index is 186. The first-order valence-electron chi connectivity index (χ1n) is 7.39. The molecule has 19 heavy (non-hydrogen) atoms. The minimum Gasteiger partial charge on any atom is -0.382 e. The highest BCUT2D eigenvalue weighted by Crippen LogP contribution is 2.10. The van der Waals surface area contributed by atoms with Crippen molar-refractivity contribution in [3.63, 3.8) is 0 Å². The van der Waals surface area contributed by atoms with Crippen molar-refractivity contribution < 1.29 is 18.9 Å². The molecular formula is C14H29NO4. The van der Waals surface area contributed by atoms with E-state index in [0.29, 0.717) is 39.6 Å². The summed E-state index contributed by atoms with van der Waals surface area (Å²) in [7, 11) is 1.67. The Kier molecular flexibility index (Phi) is 11.4. The van der Waals surface area contributed by atoms with E-state index in [-0.39, 0.29) is 0 Å². The highest BCUT2D eigenvalue weighted by molar-refractivity contribution is 4.73. The van der Waals surface area contributed by atoms with Crippen molar-refractivity contribution in [2.24, 2.45) is 0 Å². The lowest BCUT2D eigenvalue weighted by Gasteiger charge is -2.10. The van der Waals surface area contributed by atoms with Crippen LogP contribution in [0.2, 0.25) is 0 Å². The van der Waals surface area contributed by atoms with Gasteiger partial charge in [-0.1, -0.05) is 0 Å². The van der Waals surface area contributed by atoms with Gasteiger partial charge in [0.1, 0.15) is 0 Å². The summed E-state index contributed by atoms with van der Waals surface area (Å²) >= 11 is 0. The van der Waals surface area contributed by atoms with E-state index >= 15 is 0 Å². The number of hydrogen-bond donors (Lipinski definition) is 1. The Hall–Kier alpha value is -0.200. The van der Waals surface area contributed by atoms with Gasteiger partial charge in [0.05, 0.1) is 39.6 Å². The number of ether oxygens (including phenoxy) is 4. The van der Waals surface area contributed by atoms with Crippen LogP contribution in [0, 0.1) is 0 Å². The maximum absolute atomic E-state index is 5.52. The summed E-state index contributed by atoms with van der Waals surface area (Å²) in [6.45, 7) is 5.86. The third-order valence-electron chi connectivity index (χ3n) is 3.18. The van der Waals surface area contributed by atoms with Gasteiger partial charge in [-0.25, -0.2) is 0 Å². The zero-order chi connectivity index (χ0) is 13.6. The Balaban J connectivity index is 1.67. The number of hydrogen-bond acceptors (Lipinski definition) is 5. The van der Waals surface area contributed by atoms with E-state index in [0.717, 1.165) is 19.1 Å². The minimum atomic E-state index is 0.622. The molecule has 0 aliphatic carbocycles. The summed E-state index contributed by atoms with van der Waals surface area (Å²) in [5.74, 6) is 0. The smallest absolute Gasteiger partial charge is 0.0701 e. The molecule has 0 aromatic heterocycles. The van der Waals surface area contributed by atoms with E-state index in [2.05, 4.69) is 5.32 Å². The summed E-state index contributed by atoms with van der Waals surface area (Å²) in [4.78, 5) is 0. The van der Waals surface area contributed by atoms with Crippen LogP contribution in [0.1, 0.15) is 25.7 Å². The molecule has 0 aromatic rings. The van der Waals surface area contributed by atoms with Crippen LogP contribution in [0.15, 0.2) is 0 Å². The lowest BCUT2D eigenvalue weighted by Crippen LogP contribution is -2.21. The topological polar surface area (TPSA) is 49.0 Å². The summed E-state index contributed by atoms with van der Waals surface area (Å²) < 4.78 is 21.1. The Morgan fingerprint density at radius 1 is 0.895 bits per heavy atom. The van der Waals surface area contributed by atoms with Crippen LogP contribution in [0.3, 0.4) is 0 Å². The van der Waals surface area contributed by atoms with E-state index < -0.39 is 0 Å². The lowest BCUT2D eigenvalue weighted by molar-refractivity contribution is 0.00312. The second-order valence-corrected chi connectivity index (χ2v) is 4.77. The molecule has 1 unspecified atom stereocenters. The molecule has 0 spiro atoms. The van der Waals surface area contributed by atoms with Crippen LogP contribution in [0.25, 0.3) is 0 Å². The predicted molar refractivity (Wildman–Crippen MR) is 74.6 cm³/mol. The molecule has 1 fully saturated rings. The Morgan fingerprint density at radius 2 is 1.53 bits per heavy atom. The van der Waals surface area contributed by atoms with Crippen LogP contribution in [0.5, 0.6) is 0 Å². The van der Waals surface area contributed by atoms with Gasteiger partial charge in [-0.15, -0.1) is 0 Å². The Morgan fingerprint density at radius 3 is 2.11 bits per heavy atom. The Labute approximate surface area is 116 Å². The molecule has 1 aliphatic rings. The number of rotatable bonds is 13. The maximum Gasteiger partial charge on any atom is 0.0701 e. The van der Waals surface area contributed by atoms with Gasteiger partial charge in [0.2, 0.25) is 0 Å². The molecular weight excluding hydrogens is 246 g/mol. The van der Waals surface area contributed by atoms with Crippen molar-refractivity contribution in [1.82, 2.24) is 5.32 Å². The van der Waals surface area contributed by atoms with E-state index in [1.54, 1.807) is 7.11 Å². The van der Waals surface area contributed by atoms with Crippen molar-refractivity contribution in [3.8, 4) is 0 Å². The highest BCUT2D eigenvalue weighted by atomic mass is 16.6. The molecule has 1 saturated heterocycles. The van der Waals surface area contributed by atoms with Crippen LogP contribution >= 0.6 is 0 Å². The molecule has 0 saturated carbocycles. The molecule has 5 nitrogen and oxygen atoms in total. The summed E-state index contributed by atoms with van der Waals surface area (Å²) in [5, 5.41) is 3.49. The third kappa shape index (κ3) is 10.3. The van der Waals surface area contributed by atoms with Crippen molar-refractivity contribution >= 4 is 0 Å². The quantitative estimate of drug-likeness (QED) is 0.512. The molecule has 0 amide bonds. The number of nitrogens with one attached hydrogen (secondary N) is 1. The third-order valence-corrected chi connectivity index (χ3v) is 3.18. The van der Waals surface area contributed by atoms with Crippen molar-refractivity contribution in [2.75, 3.05) is 59.9 Å². The molecule has 114 valence electrons. The molecule has 0 aromatic carbocycles. The van der Waals surface area contributed by atoms with Crippen LogP contribution in [-0.4, -0.2) is 65.9 Å². The van der Waals surface area contributed by atoms with Gasteiger partial charge in [-0.05, 0) is 32.2 Å². The molecule has 0 radical (unpaired) electrons. The largest absolute Gasteiger partial charge is 0.382 e. The van der Waals surface area contributed by atoms with Gasteiger partial charge in [0.25, 0.3) is 0 Å². The van der Waals surface area contributed by atoms with Gasteiger partial charge in [0.15, 0.2) is 0 Å². The first kappa shape index (κ1) is 16.9. The van der Waals surface area contributed by atoms with E-state index in [1.165, 1.54) is 25.8 Å². The minimum absolute atomic E-state index is 0.622. The average molecular weight is 275 g/mol. The lowest BCUT2D eigenvalue weighted by atomic mass is 10.1. The van der Waals surface area contributed by atoms with Crippen LogP contribution in [-0.2, 0) is 18.9 Å². The van der Waals surface area contributed by atoms with Crippen molar-refractivity contribution in [1.29, 1.82) is 0 Å². The van der Waals surface area contributed by atoms with Gasteiger partial charge < -0.3 is 24.3 Å². The van der Waals surface area contributed by atoms with E-state index in [4.69, 9.17) is 18.9 Å². The molecule has 1 N–H and O–H groups in total. The van der Waals surface area contributed by atoms with Crippen molar-refractivity contribution in [3.05, 3.63) is 0 Å². The first-order valence-corrected chi connectivity index (χ1v) is 7.39. The molecule has 1 atom stereocenters. The molecule has 0 bridgehead atoms.